The predicted octanol–water partition coefficient (Wildman–Crippen LogP) is 5.31. The van der Waals surface area contributed by atoms with E-state index >= 15 is 0 Å². The van der Waals surface area contributed by atoms with E-state index in [1.807, 2.05) is 38.1 Å². The second-order valence-electron chi connectivity index (χ2n) is 7.58. The number of hydrogen-bond acceptors (Lipinski definition) is 6. The molecule has 1 aliphatic heterocycles. The maximum atomic E-state index is 12.9. The Morgan fingerprint density at radius 2 is 1.94 bits per heavy atom. The Kier molecular flexibility index (Phi) is 6.55. The van der Waals surface area contributed by atoms with E-state index < -0.39 is 6.04 Å². The van der Waals surface area contributed by atoms with Crippen molar-refractivity contribution >= 4 is 23.2 Å². The van der Waals surface area contributed by atoms with Gasteiger partial charge in [0.25, 0.3) is 5.89 Å². The third kappa shape index (κ3) is 4.39. The van der Waals surface area contributed by atoms with E-state index in [2.05, 4.69) is 15.5 Å². The molecule has 8 nitrogen and oxygen atoms in total. The average Bonchev–Trinajstić information content (AvgIpc) is 3.30. The number of hydrogen-bond donors (Lipinski definition) is 1. The molecule has 1 aliphatic rings. The Bertz CT molecular complexity index is 1210. The second-order valence-corrected chi connectivity index (χ2v) is 8.02. The van der Waals surface area contributed by atoms with Gasteiger partial charge in [-0.2, -0.15) is 4.98 Å². The molecule has 2 amide bonds. The highest BCUT2D eigenvalue weighted by atomic mass is 35.5. The molecule has 1 unspecified atom stereocenters. The van der Waals surface area contributed by atoms with Crippen molar-refractivity contribution in [2.24, 2.45) is 0 Å². The smallest absolute Gasteiger partial charge is 0.322 e. The van der Waals surface area contributed by atoms with E-state index in [0.29, 0.717) is 40.3 Å². The number of carbonyl (C=O) groups excluding carboxylic acids is 1. The van der Waals surface area contributed by atoms with Crippen molar-refractivity contribution in [1.29, 1.82) is 0 Å². The van der Waals surface area contributed by atoms with Gasteiger partial charge in [-0.05, 0) is 49.2 Å². The number of carbonyl (C=O) groups is 1. The molecule has 0 fully saturated rings. The van der Waals surface area contributed by atoms with Gasteiger partial charge in [-0.15, -0.1) is 0 Å². The molecular weight excluding hydrogens is 444 g/mol. The summed E-state index contributed by atoms with van der Waals surface area (Å²) in [5, 5.41) is 7.83. The van der Waals surface area contributed by atoms with Crippen LogP contribution >= 0.6 is 11.6 Å². The summed E-state index contributed by atoms with van der Waals surface area (Å²) < 4.78 is 16.4. The molecule has 0 spiro atoms. The minimum Gasteiger partial charge on any atom is -0.493 e. The largest absolute Gasteiger partial charge is 0.493 e. The average molecular weight is 469 g/mol. The van der Waals surface area contributed by atoms with Crippen LogP contribution in [0.3, 0.4) is 0 Å². The quantitative estimate of drug-likeness (QED) is 0.505. The molecule has 0 saturated heterocycles. The number of ether oxygens (including phenoxy) is 2. The fourth-order valence-corrected chi connectivity index (χ4v) is 4.11. The highest BCUT2D eigenvalue weighted by Gasteiger charge is 2.35. The highest BCUT2D eigenvalue weighted by molar-refractivity contribution is 6.30. The summed E-state index contributed by atoms with van der Waals surface area (Å²) in [6, 6.07) is 12.1. The minimum atomic E-state index is -0.483. The van der Waals surface area contributed by atoms with E-state index in [0.717, 1.165) is 23.3 Å². The van der Waals surface area contributed by atoms with Gasteiger partial charge >= 0.3 is 6.03 Å². The van der Waals surface area contributed by atoms with Crippen LogP contribution in [0.5, 0.6) is 11.5 Å². The molecule has 2 aromatic carbocycles. The standard InChI is InChI=1S/C24H25ClN4O4/c1-5-11-29-14(2)20(21(26-24(29)30)15-7-6-8-17(25)12-15)23-27-22(28-33-23)16-9-10-18(31-3)19(13-16)32-4/h6-10,12-13,21H,5,11H2,1-4H3,(H,26,30). The van der Waals surface area contributed by atoms with Crippen LogP contribution in [-0.4, -0.2) is 41.8 Å². The van der Waals surface area contributed by atoms with Crippen molar-refractivity contribution in [1.82, 2.24) is 20.4 Å². The van der Waals surface area contributed by atoms with E-state index in [9.17, 15) is 4.79 Å². The summed E-state index contributed by atoms with van der Waals surface area (Å²) in [6.45, 7) is 4.48. The van der Waals surface area contributed by atoms with Crippen LogP contribution in [0.1, 0.15) is 37.8 Å². The van der Waals surface area contributed by atoms with Gasteiger partial charge in [0.15, 0.2) is 11.5 Å². The monoisotopic (exact) mass is 468 g/mol. The second kappa shape index (κ2) is 9.54. The van der Waals surface area contributed by atoms with Gasteiger partial charge in [-0.1, -0.05) is 35.8 Å². The summed E-state index contributed by atoms with van der Waals surface area (Å²) in [5.74, 6) is 1.89. The van der Waals surface area contributed by atoms with Crippen LogP contribution < -0.4 is 14.8 Å². The number of allylic oxidation sites excluding steroid dienone is 1. The third-order valence-electron chi connectivity index (χ3n) is 5.52. The summed E-state index contributed by atoms with van der Waals surface area (Å²) >= 11 is 6.23. The molecule has 1 atom stereocenters. The van der Waals surface area contributed by atoms with Gasteiger partial charge in [0.05, 0.1) is 25.8 Å². The lowest BCUT2D eigenvalue weighted by molar-refractivity contribution is 0.205. The molecule has 1 aromatic heterocycles. The third-order valence-corrected chi connectivity index (χ3v) is 5.76. The lowest BCUT2D eigenvalue weighted by Crippen LogP contribution is -2.46. The lowest BCUT2D eigenvalue weighted by Gasteiger charge is -2.35. The Balaban J connectivity index is 1.80. The molecule has 1 N–H and O–H groups in total. The first-order chi connectivity index (χ1) is 16.0. The van der Waals surface area contributed by atoms with Crippen molar-refractivity contribution < 1.29 is 18.8 Å². The number of aromatic nitrogens is 2. The van der Waals surface area contributed by atoms with Gasteiger partial charge in [0, 0.05) is 22.8 Å². The number of halogens is 1. The predicted molar refractivity (Wildman–Crippen MR) is 125 cm³/mol. The van der Waals surface area contributed by atoms with Gasteiger partial charge in [0.1, 0.15) is 0 Å². The number of amides is 2. The minimum absolute atomic E-state index is 0.178. The fraction of sp³-hybridized carbons (Fsp3) is 0.292. The molecule has 9 heteroatoms. The molecule has 33 heavy (non-hydrogen) atoms. The zero-order chi connectivity index (χ0) is 23.5. The molecule has 4 rings (SSSR count). The van der Waals surface area contributed by atoms with Crippen molar-refractivity contribution in [3.8, 4) is 22.9 Å². The molecule has 2 heterocycles. The highest BCUT2D eigenvalue weighted by Crippen LogP contribution is 2.38. The van der Waals surface area contributed by atoms with Gasteiger partial charge in [-0.25, -0.2) is 4.79 Å². The number of nitrogens with zero attached hydrogens (tertiary/aromatic N) is 3. The van der Waals surface area contributed by atoms with Crippen LogP contribution in [0.2, 0.25) is 5.02 Å². The molecule has 0 saturated carbocycles. The number of methoxy groups -OCH3 is 2. The maximum absolute atomic E-state index is 12.9. The summed E-state index contributed by atoms with van der Waals surface area (Å²) in [4.78, 5) is 19.2. The fourth-order valence-electron chi connectivity index (χ4n) is 3.91. The number of nitrogens with one attached hydrogen (secondary N) is 1. The van der Waals surface area contributed by atoms with Gasteiger partial charge in [-0.3, -0.25) is 4.90 Å². The van der Waals surface area contributed by atoms with E-state index in [-0.39, 0.29) is 6.03 Å². The molecule has 0 bridgehead atoms. The van der Waals surface area contributed by atoms with Crippen molar-refractivity contribution in [3.05, 3.63) is 64.6 Å². The number of rotatable bonds is 7. The summed E-state index contributed by atoms with van der Waals surface area (Å²) in [6.07, 6.45) is 0.806. The Hall–Kier alpha value is -3.52. The van der Waals surface area contributed by atoms with E-state index in [4.69, 9.17) is 25.6 Å². The van der Waals surface area contributed by atoms with Crippen molar-refractivity contribution in [2.45, 2.75) is 26.3 Å². The SMILES string of the molecule is CCCN1C(=O)NC(c2cccc(Cl)c2)C(c2nc(-c3ccc(OC)c(OC)c3)no2)=C1C. The first-order valence-electron chi connectivity index (χ1n) is 10.6. The first kappa shape index (κ1) is 22.7. The van der Waals surface area contributed by atoms with E-state index in [1.54, 1.807) is 37.3 Å². The van der Waals surface area contributed by atoms with Crippen LogP contribution in [-0.2, 0) is 0 Å². The van der Waals surface area contributed by atoms with Gasteiger partial charge in [0.2, 0.25) is 5.82 Å². The maximum Gasteiger partial charge on any atom is 0.322 e. The van der Waals surface area contributed by atoms with Crippen LogP contribution in [0.15, 0.2) is 52.7 Å². The van der Waals surface area contributed by atoms with Crippen LogP contribution in [0, 0.1) is 0 Å². The molecule has 0 aliphatic carbocycles. The number of urea groups is 1. The van der Waals surface area contributed by atoms with Crippen molar-refractivity contribution in [2.75, 3.05) is 20.8 Å². The first-order valence-corrected chi connectivity index (χ1v) is 10.9. The molecular formula is C24H25ClN4O4. The molecule has 172 valence electrons. The van der Waals surface area contributed by atoms with Crippen LogP contribution in [0.25, 0.3) is 17.0 Å². The summed E-state index contributed by atoms with van der Waals surface area (Å²) in [5.41, 5.74) is 3.02. The van der Waals surface area contributed by atoms with Crippen LogP contribution in [0.4, 0.5) is 4.79 Å². The lowest BCUT2D eigenvalue weighted by atomic mass is 9.94. The Morgan fingerprint density at radius 1 is 1.15 bits per heavy atom. The molecule has 3 aromatic rings. The van der Waals surface area contributed by atoms with Gasteiger partial charge < -0.3 is 19.3 Å². The molecule has 0 radical (unpaired) electrons. The zero-order valence-electron chi connectivity index (χ0n) is 18.9. The zero-order valence-corrected chi connectivity index (χ0v) is 19.6. The van der Waals surface area contributed by atoms with Crippen molar-refractivity contribution in [3.63, 3.8) is 0 Å². The Morgan fingerprint density at radius 3 is 2.64 bits per heavy atom. The topological polar surface area (TPSA) is 89.7 Å². The van der Waals surface area contributed by atoms with E-state index in [1.165, 1.54) is 0 Å². The summed E-state index contributed by atoms with van der Waals surface area (Å²) in [7, 11) is 3.15. The Labute approximate surface area is 197 Å². The number of benzene rings is 2. The normalized spacial score (nSPS) is 16.1.